The van der Waals surface area contributed by atoms with E-state index < -0.39 is 0 Å². The number of fused-ring (bicyclic) bond motifs is 1. The molecule has 0 aromatic heterocycles. The van der Waals surface area contributed by atoms with Crippen LogP contribution in [0.2, 0.25) is 0 Å². The van der Waals surface area contributed by atoms with Crippen molar-refractivity contribution in [1.82, 2.24) is 0 Å². The molecule has 0 nitrogen and oxygen atoms in total. The maximum Gasteiger partial charge on any atom is -0.0349 e. The molecule has 0 spiro atoms. The van der Waals surface area contributed by atoms with Crippen molar-refractivity contribution in [3.05, 3.63) is 12.8 Å². The third-order valence-electron chi connectivity index (χ3n) is 2.55. The zero-order chi connectivity index (χ0) is 5.40. The third-order valence-corrected chi connectivity index (χ3v) is 2.55. The Labute approximate surface area is 51.3 Å². The van der Waals surface area contributed by atoms with Crippen LogP contribution in [0.1, 0.15) is 25.7 Å². The van der Waals surface area contributed by atoms with E-state index in [2.05, 4.69) is 12.8 Å². The second-order valence-corrected chi connectivity index (χ2v) is 3.00. The van der Waals surface area contributed by atoms with Crippen molar-refractivity contribution in [1.29, 1.82) is 0 Å². The van der Waals surface area contributed by atoms with E-state index in [-0.39, 0.29) is 0 Å². The largest absolute Gasteiger partial charge is 0.0499 e. The summed E-state index contributed by atoms with van der Waals surface area (Å²) in [5.74, 6) is 2.10. The van der Waals surface area contributed by atoms with Gasteiger partial charge < -0.3 is 0 Å². The van der Waals surface area contributed by atoms with Crippen molar-refractivity contribution in [3.8, 4) is 0 Å². The van der Waals surface area contributed by atoms with Gasteiger partial charge in [-0.25, -0.2) is 0 Å². The highest BCUT2D eigenvalue weighted by molar-refractivity contribution is 4.99. The summed E-state index contributed by atoms with van der Waals surface area (Å²) in [7, 11) is 0. The van der Waals surface area contributed by atoms with Crippen molar-refractivity contribution in [2.24, 2.45) is 11.8 Å². The Balaban J connectivity index is 1.92. The van der Waals surface area contributed by atoms with Crippen LogP contribution in [0.15, 0.2) is 0 Å². The molecule has 2 atom stereocenters. The smallest absolute Gasteiger partial charge is 0.0349 e. The molecular formula is C8H12. The monoisotopic (exact) mass is 108 g/mol. The minimum absolute atomic E-state index is 1.03. The summed E-state index contributed by atoms with van der Waals surface area (Å²) in [5, 5.41) is 0. The fourth-order valence-electron chi connectivity index (χ4n) is 1.78. The van der Waals surface area contributed by atoms with Crippen LogP contribution in [-0.2, 0) is 0 Å². The van der Waals surface area contributed by atoms with Crippen molar-refractivity contribution in [3.63, 3.8) is 0 Å². The Kier molecular flexibility index (Phi) is 1.06. The SMILES string of the molecule is [CH]1C[CH]C2CCC2C1. The van der Waals surface area contributed by atoms with E-state index in [1.54, 1.807) is 0 Å². The molecule has 2 aliphatic rings. The molecule has 2 rings (SSSR count). The molecule has 0 bridgehead atoms. The minimum atomic E-state index is 1.03. The van der Waals surface area contributed by atoms with E-state index in [9.17, 15) is 0 Å². The third kappa shape index (κ3) is 0.586. The highest BCUT2D eigenvalue weighted by atomic mass is 14.4. The molecule has 44 valence electrons. The van der Waals surface area contributed by atoms with E-state index in [1.165, 1.54) is 25.7 Å². The number of hydrogen-bond donors (Lipinski definition) is 0. The van der Waals surface area contributed by atoms with Crippen LogP contribution in [0.4, 0.5) is 0 Å². The fraction of sp³-hybridized carbons (Fsp3) is 0.750. The fourth-order valence-corrected chi connectivity index (χ4v) is 1.78. The first-order chi connectivity index (χ1) is 3.97. The van der Waals surface area contributed by atoms with Crippen molar-refractivity contribution in [2.75, 3.05) is 0 Å². The van der Waals surface area contributed by atoms with Gasteiger partial charge in [0, 0.05) is 0 Å². The van der Waals surface area contributed by atoms with Gasteiger partial charge in [-0.1, -0.05) is 0 Å². The van der Waals surface area contributed by atoms with Gasteiger partial charge in [-0.05, 0) is 50.4 Å². The molecule has 2 saturated carbocycles. The van der Waals surface area contributed by atoms with Gasteiger partial charge >= 0.3 is 0 Å². The van der Waals surface area contributed by atoms with E-state index in [4.69, 9.17) is 0 Å². The summed E-state index contributed by atoms with van der Waals surface area (Å²) in [6.07, 6.45) is 10.6. The zero-order valence-electron chi connectivity index (χ0n) is 5.14. The first-order valence-electron chi connectivity index (χ1n) is 3.62. The summed E-state index contributed by atoms with van der Waals surface area (Å²) in [6, 6.07) is 0. The summed E-state index contributed by atoms with van der Waals surface area (Å²) in [4.78, 5) is 0. The van der Waals surface area contributed by atoms with Gasteiger partial charge in [0.15, 0.2) is 0 Å². The zero-order valence-corrected chi connectivity index (χ0v) is 5.14. The molecule has 0 aromatic rings. The van der Waals surface area contributed by atoms with Crippen LogP contribution in [0.25, 0.3) is 0 Å². The molecule has 2 aliphatic carbocycles. The maximum atomic E-state index is 2.48. The first kappa shape index (κ1) is 4.84. The summed E-state index contributed by atoms with van der Waals surface area (Å²) in [5.41, 5.74) is 0. The second-order valence-electron chi connectivity index (χ2n) is 3.00. The quantitative estimate of drug-likeness (QED) is 0.446. The molecule has 0 saturated heterocycles. The van der Waals surface area contributed by atoms with E-state index in [1.807, 2.05) is 0 Å². The Bertz CT molecular complexity index is 74.0. The lowest BCUT2D eigenvalue weighted by Crippen LogP contribution is -2.29. The lowest BCUT2D eigenvalue weighted by atomic mass is 9.66. The molecule has 2 radical (unpaired) electrons. The Morgan fingerprint density at radius 3 is 2.62 bits per heavy atom. The number of rotatable bonds is 0. The van der Waals surface area contributed by atoms with E-state index in [0.29, 0.717) is 0 Å². The molecule has 2 fully saturated rings. The van der Waals surface area contributed by atoms with Crippen LogP contribution in [0, 0.1) is 24.7 Å². The lowest BCUT2D eigenvalue weighted by Gasteiger charge is -2.40. The van der Waals surface area contributed by atoms with Gasteiger partial charge in [0.1, 0.15) is 0 Å². The highest BCUT2D eigenvalue weighted by Crippen LogP contribution is 2.43. The molecular weight excluding hydrogens is 96.1 g/mol. The van der Waals surface area contributed by atoms with Gasteiger partial charge in [0.25, 0.3) is 0 Å². The van der Waals surface area contributed by atoms with Crippen LogP contribution in [0.3, 0.4) is 0 Å². The minimum Gasteiger partial charge on any atom is -0.0499 e. The van der Waals surface area contributed by atoms with E-state index >= 15 is 0 Å². The Morgan fingerprint density at radius 2 is 2.25 bits per heavy atom. The molecule has 2 unspecified atom stereocenters. The molecule has 0 heterocycles. The van der Waals surface area contributed by atoms with E-state index in [0.717, 1.165) is 11.8 Å². The molecule has 8 heavy (non-hydrogen) atoms. The predicted molar refractivity (Wildman–Crippen MR) is 34.0 cm³/mol. The molecule has 0 heteroatoms. The number of hydrogen-bond acceptors (Lipinski definition) is 0. The average Bonchev–Trinajstić information content (AvgIpc) is 1.72. The van der Waals surface area contributed by atoms with Crippen LogP contribution in [0.5, 0.6) is 0 Å². The van der Waals surface area contributed by atoms with Gasteiger partial charge in [0.05, 0.1) is 0 Å². The topological polar surface area (TPSA) is 0 Å². The first-order valence-corrected chi connectivity index (χ1v) is 3.62. The normalized spacial score (nSPS) is 45.0. The van der Waals surface area contributed by atoms with Gasteiger partial charge in [-0.3, -0.25) is 0 Å². The maximum absolute atomic E-state index is 2.48. The Morgan fingerprint density at radius 1 is 1.25 bits per heavy atom. The molecule has 0 N–H and O–H groups in total. The predicted octanol–water partition coefficient (Wildman–Crippen LogP) is 2.21. The molecule has 0 amide bonds. The van der Waals surface area contributed by atoms with Crippen LogP contribution >= 0.6 is 0 Å². The summed E-state index contributed by atoms with van der Waals surface area (Å²) < 4.78 is 0. The lowest BCUT2D eigenvalue weighted by molar-refractivity contribution is 0.185. The second kappa shape index (κ2) is 1.75. The van der Waals surface area contributed by atoms with Gasteiger partial charge in [-0.2, -0.15) is 0 Å². The molecule has 0 aliphatic heterocycles. The standard InChI is InChI=1S/C8H12/c1-2-4-8-6-5-7(8)3-1/h1,4,7-8H,2-3,5-6H2. The average molecular weight is 108 g/mol. The van der Waals surface area contributed by atoms with Crippen molar-refractivity contribution in [2.45, 2.75) is 25.7 Å². The highest BCUT2D eigenvalue weighted by Gasteiger charge is 2.32. The van der Waals surface area contributed by atoms with Crippen LogP contribution < -0.4 is 0 Å². The van der Waals surface area contributed by atoms with Gasteiger partial charge in [0.2, 0.25) is 0 Å². The van der Waals surface area contributed by atoms with Crippen molar-refractivity contribution >= 4 is 0 Å². The summed E-state index contributed by atoms with van der Waals surface area (Å²) >= 11 is 0. The van der Waals surface area contributed by atoms with Crippen molar-refractivity contribution < 1.29 is 0 Å². The summed E-state index contributed by atoms with van der Waals surface area (Å²) in [6.45, 7) is 0. The Hall–Kier alpha value is 0. The molecule has 0 aromatic carbocycles. The van der Waals surface area contributed by atoms with Crippen LogP contribution in [-0.4, -0.2) is 0 Å². The van der Waals surface area contributed by atoms with Gasteiger partial charge in [-0.15, -0.1) is 0 Å².